The Balaban J connectivity index is 0.00000340. The second-order valence-electron chi connectivity index (χ2n) is 24.4. The van der Waals surface area contributed by atoms with E-state index in [9.17, 15) is 0 Å². The molecular weight excluding hydrogens is 927 g/mol. The molecule has 2 fully saturated rings. The predicted octanol–water partition coefficient (Wildman–Crippen LogP) is 14.7. The third-order valence-corrected chi connectivity index (χ3v) is 32.1. The second-order valence-corrected chi connectivity index (χ2v) is 54.9. The van der Waals surface area contributed by atoms with Crippen LogP contribution >= 0.6 is 24.8 Å². The third-order valence-electron chi connectivity index (χ3n) is 14.6. The molecule has 0 amide bonds. The number of hydrogen-bond acceptors (Lipinski definition) is 4. The summed E-state index contributed by atoms with van der Waals surface area (Å²) in [6, 6.07) is 32.6. The van der Waals surface area contributed by atoms with Crippen molar-refractivity contribution in [1.82, 2.24) is 0 Å². The van der Waals surface area contributed by atoms with Crippen LogP contribution in [0, 0.1) is 10.8 Å². The van der Waals surface area contributed by atoms with Crippen LogP contribution in [0.15, 0.2) is 96.1 Å². The summed E-state index contributed by atoms with van der Waals surface area (Å²) in [5, 5.41) is 0. The summed E-state index contributed by atoms with van der Waals surface area (Å²) in [6.45, 7) is 32.2. The molecule has 346 valence electrons. The summed E-state index contributed by atoms with van der Waals surface area (Å²) in [5.74, 6) is -1.15. The van der Waals surface area contributed by atoms with Gasteiger partial charge in [0.05, 0.1) is 0 Å². The number of benzene rings is 4. The molecule has 0 saturated carbocycles. The zero-order chi connectivity index (χ0) is 44.9. The zero-order valence-corrected chi connectivity index (χ0v) is 46.8. The van der Waals surface area contributed by atoms with E-state index in [1.165, 1.54) is 55.6 Å². The van der Waals surface area contributed by atoms with Gasteiger partial charge in [-0.2, -0.15) is 0 Å². The van der Waals surface area contributed by atoms with E-state index in [0.29, 0.717) is 33.7 Å². The van der Waals surface area contributed by atoms with Crippen molar-refractivity contribution in [3.8, 4) is 22.3 Å². The molecule has 4 aliphatic rings. The van der Waals surface area contributed by atoms with Crippen LogP contribution in [-0.4, -0.2) is 44.9 Å². The van der Waals surface area contributed by atoms with Gasteiger partial charge in [-0.15, -0.1) is 24.8 Å². The molecule has 2 heterocycles. The molecule has 0 bridgehead atoms. The molecular formula is C56H76Cl2O4SiZr. The van der Waals surface area contributed by atoms with Crippen LogP contribution in [0.25, 0.3) is 34.4 Å². The van der Waals surface area contributed by atoms with E-state index in [1.54, 1.807) is 11.1 Å². The van der Waals surface area contributed by atoms with Gasteiger partial charge in [0.25, 0.3) is 0 Å². The molecule has 0 aromatic heterocycles. The van der Waals surface area contributed by atoms with Crippen LogP contribution < -0.4 is 0 Å². The first-order valence-electron chi connectivity index (χ1n) is 23.2. The van der Waals surface area contributed by atoms with Crippen molar-refractivity contribution in [3.05, 3.63) is 129 Å². The van der Waals surface area contributed by atoms with Gasteiger partial charge in [0.15, 0.2) is 0 Å². The van der Waals surface area contributed by atoms with Gasteiger partial charge in [-0.3, -0.25) is 0 Å². The minimum atomic E-state index is -4.22. The molecule has 0 N–H and O–H groups in total. The quantitative estimate of drug-likeness (QED) is 0.165. The van der Waals surface area contributed by atoms with Gasteiger partial charge in [0, 0.05) is 0 Å². The smallest absolute Gasteiger partial charge is 0.147 e. The molecule has 2 aliphatic heterocycles. The fraction of sp³-hybridized carbons (Fsp3) is 0.500. The van der Waals surface area contributed by atoms with Crippen molar-refractivity contribution in [1.29, 1.82) is 0 Å². The standard InChI is InChI=1S/2C27H33O2.2CH3.2ClH.H2Si.Zr/c2*1-25(2,3)24-13-8-7-11-22(24)21-12-9-10-20-14-19(15-23(20)21)16-27(6)17-28-26(4,5)29-18-27;;;;;;/h2*7-15H,16-18H2,1-6H3;2*1H3;2*1H;1H2;. The van der Waals surface area contributed by atoms with Gasteiger partial charge in [-0.25, -0.2) is 0 Å². The Morgan fingerprint density at radius 1 is 0.500 bits per heavy atom. The first kappa shape index (κ1) is 51.3. The van der Waals surface area contributed by atoms with Gasteiger partial charge < -0.3 is 0 Å². The van der Waals surface area contributed by atoms with Gasteiger partial charge >= 0.3 is 379 Å². The molecule has 4 aromatic rings. The Morgan fingerprint density at radius 2 is 0.812 bits per heavy atom. The van der Waals surface area contributed by atoms with Gasteiger partial charge in [-0.1, -0.05) is 0 Å². The normalized spacial score (nSPS) is 22.3. The topological polar surface area (TPSA) is 36.9 Å². The van der Waals surface area contributed by atoms with Crippen LogP contribution in [0.1, 0.15) is 137 Å². The average Bonchev–Trinajstić information content (AvgIpc) is 3.76. The van der Waals surface area contributed by atoms with Crippen molar-refractivity contribution in [2.24, 2.45) is 10.8 Å². The minimum Gasteiger partial charge on any atom is -0.147 e. The third kappa shape index (κ3) is 9.75. The van der Waals surface area contributed by atoms with Crippen molar-refractivity contribution in [2.75, 3.05) is 26.4 Å². The Hall–Kier alpha value is -2.12. The van der Waals surface area contributed by atoms with Gasteiger partial charge in [0.1, 0.15) is 0 Å². The monoisotopic (exact) mass is 1000 g/mol. The SMILES string of the molecule is CC1(CC2=Cc3c(-c4ccccc4C(C)(C)C)cccc3[CH]2[Zr]([CH3])([CH3])(=[SiH2])[CH]2C(CC3(C)COC(C)(C)OC3)=Cc3c(-c4ccccc4C(C)(C)C)cccc32)COC(C)(C)OC1.Cl.Cl. The Kier molecular flexibility index (Phi) is 14.0. The summed E-state index contributed by atoms with van der Waals surface area (Å²) < 4.78 is 32.1. The van der Waals surface area contributed by atoms with Crippen LogP contribution in [0.4, 0.5) is 0 Å². The van der Waals surface area contributed by atoms with E-state index in [0.717, 1.165) is 12.8 Å². The average molecular weight is 1000 g/mol. The molecule has 8 heteroatoms. The van der Waals surface area contributed by atoms with Crippen LogP contribution in [0.2, 0.25) is 9.26 Å². The first-order chi connectivity index (χ1) is 28.7. The fourth-order valence-corrected chi connectivity index (χ4v) is 31.3. The van der Waals surface area contributed by atoms with Gasteiger partial charge in [0.2, 0.25) is 0 Å². The molecule has 8 rings (SSSR count). The number of fused-ring (bicyclic) bond motifs is 2. The summed E-state index contributed by atoms with van der Waals surface area (Å²) in [6.07, 6.45) is 7.13. The van der Waals surface area contributed by atoms with E-state index in [-0.39, 0.29) is 46.5 Å². The molecule has 4 nitrogen and oxygen atoms in total. The molecule has 2 atom stereocenters. The van der Waals surface area contributed by atoms with E-state index >= 15 is 0 Å². The largest absolute Gasteiger partial charge is 0.147 e. The molecule has 0 spiro atoms. The molecule has 64 heavy (non-hydrogen) atoms. The number of ether oxygens (including phenoxy) is 4. The Morgan fingerprint density at radius 3 is 1.14 bits per heavy atom. The molecule has 0 radical (unpaired) electrons. The maximum absolute atomic E-state index is 6.46. The Bertz CT molecular complexity index is 2360. The number of halogens is 2. The Labute approximate surface area is 401 Å². The van der Waals surface area contributed by atoms with E-state index in [2.05, 4.69) is 169 Å². The zero-order valence-electron chi connectivity index (χ0n) is 41.3. The van der Waals surface area contributed by atoms with Crippen molar-refractivity contribution < 1.29 is 36.3 Å². The molecule has 2 aliphatic carbocycles. The van der Waals surface area contributed by atoms with Crippen molar-refractivity contribution >= 4 is 43.8 Å². The first-order valence-corrected chi connectivity index (χ1v) is 36.9. The summed E-state index contributed by atoms with van der Waals surface area (Å²) >= 11 is -4.22. The number of rotatable bonds is 8. The number of hydrogen-bond donors (Lipinski definition) is 0. The number of allylic oxidation sites excluding steroid dienone is 2. The van der Waals surface area contributed by atoms with E-state index < -0.39 is 29.0 Å². The second kappa shape index (κ2) is 17.4. The van der Waals surface area contributed by atoms with Crippen LogP contribution in [-0.2, 0) is 47.2 Å². The van der Waals surface area contributed by atoms with Crippen molar-refractivity contribution in [2.45, 2.75) is 135 Å². The van der Waals surface area contributed by atoms with Crippen molar-refractivity contribution in [3.63, 3.8) is 0 Å². The maximum atomic E-state index is 6.46. The van der Waals surface area contributed by atoms with Gasteiger partial charge in [-0.05, 0) is 0 Å². The maximum Gasteiger partial charge on any atom is -0.147 e. The summed E-state index contributed by atoms with van der Waals surface area (Å²) in [7, 11) is 0. The molecule has 2 unspecified atom stereocenters. The fourth-order valence-electron chi connectivity index (χ4n) is 11.6. The molecule has 4 aromatic carbocycles. The minimum absolute atomic E-state index is 0. The summed E-state index contributed by atoms with van der Waals surface area (Å²) in [5.41, 5.74) is 16.8. The summed E-state index contributed by atoms with van der Waals surface area (Å²) in [4.78, 5) is 0. The van der Waals surface area contributed by atoms with Crippen LogP contribution in [0.5, 0.6) is 0 Å². The molecule has 2 saturated heterocycles. The van der Waals surface area contributed by atoms with E-state index in [1.807, 2.05) is 27.7 Å². The van der Waals surface area contributed by atoms with E-state index in [4.69, 9.17) is 18.9 Å². The predicted molar refractivity (Wildman–Crippen MR) is 275 cm³/mol. The van der Waals surface area contributed by atoms with Crippen LogP contribution in [0.3, 0.4) is 0 Å².